The highest BCUT2D eigenvalue weighted by molar-refractivity contribution is 6.74. The van der Waals surface area contributed by atoms with Crippen LogP contribution in [0.2, 0.25) is 18.1 Å². The zero-order valence-electron chi connectivity index (χ0n) is 18.0. The normalized spacial score (nSPS) is 15.7. The Bertz CT molecular complexity index is 589. The molecule has 0 aliphatic carbocycles. The highest BCUT2D eigenvalue weighted by Gasteiger charge is 2.42. The van der Waals surface area contributed by atoms with Gasteiger partial charge in [-0.2, -0.15) is 0 Å². The average Bonchev–Trinajstić information content (AvgIpc) is 2.60. The standard InChI is InChI=1S/C22H36O4Si/c1-9-10-17(2)21(26-27(7,8)22(3,4)5)20(15-23)25-16-18-11-13-19(24-6)14-12-18/h9,11-15,17,20-21H,1,10,16H2,2-8H3/t17-,20+,21+/m1/s1. The van der Waals surface area contributed by atoms with Crippen LogP contribution < -0.4 is 4.74 Å². The van der Waals surface area contributed by atoms with E-state index in [0.29, 0.717) is 6.61 Å². The molecule has 152 valence electrons. The molecule has 0 saturated heterocycles. The second kappa shape index (κ2) is 10.2. The zero-order chi connectivity index (χ0) is 20.7. The molecule has 0 aromatic heterocycles. The lowest BCUT2D eigenvalue weighted by atomic mass is 9.97. The molecule has 0 radical (unpaired) electrons. The number of benzene rings is 1. The van der Waals surface area contributed by atoms with E-state index in [1.54, 1.807) is 7.11 Å². The summed E-state index contributed by atoms with van der Waals surface area (Å²) in [6, 6.07) is 7.66. The van der Waals surface area contributed by atoms with E-state index in [9.17, 15) is 4.79 Å². The van der Waals surface area contributed by atoms with Gasteiger partial charge in [0.1, 0.15) is 11.9 Å². The van der Waals surface area contributed by atoms with Crippen LogP contribution in [0.1, 0.15) is 39.7 Å². The molecule has 0 unspecified atom stereocenters. The Morgan fingerprint density at radius 2 is 1.78 bits per heavy atom. The van der Waals surface area contributed by atoms with Gasteiger partial charge in [-0.25, -0.2) is 0 Å². The maximum Gasteiger partial charge on any atom is 0.192 e. The molecular formula is C22H36O4Si. The molecule has 0 aliphatic rings. The minimum Gasteiger partial charge on any atom is -0.497 e. The van der Waals surface area contributed by atoms with Crippen molar-refractivity contribution in [2.75, 3.05) is 7.11 Å². The fraction of sp³-hybridized carbons (Fsp3) is 0.591. The molecule has 0 saturated carbocycles. The molecule has 1 aromatic rings. The lowest BCUT2D eigenvalue weighted by Crippen LogP contribution is -2.50. The predicted octanol–water partition coefficient (Wildman–Crippen LogP) is 5.38. The number of carbonyl (C=O) groups is 1. The van der Waals surface area contributed by atoms with Crippen LogP contribution >= 0.6 is 0 Å². The van der Waals surface area contributed by atoms with Gasteiger partial charge in [0.2, 0.25) is 0 Å². The third kappa shape index (κ3) is 6.90. The van der Waals surface area contributed by atoms with E-state index < -0.39 is 14.4 Å². The fourth-order valence-electron chi connectivity index (χ4n) is 2.55. The van der Waals surface area contributed by atoms with Crippen molar-refractivity contribution in [3.63, 3.8) is 0 Å². The van der Waals surface area contributed by atoms with Crippen molar-refractivity contribution in [1.29, 1.82) is 0 Å². The fourth-order valence-corrected chi connectivity index (χ4v) is 3.95. The van der Waals surface area contributed by atoms with Crippen LogP contribution in [0.25, 0.3) is 0 Å². The smallest absolute Gasteiger partial charge is 0.192 e. The lowest BCUT2D eigenvalue weighted by molar-refractivity contribution is -0.128. The van der Waals surface area contributed by atoms with Crippen molar-refractivity contribution in [2.24, 2.45) is 5.92 Å². The number of hydrogen-bond acceptors (Lipinski definition) is 4. The molecule has 0 amide bonds. The van der Waals surface area contributed by atoms with Gasteiger partial charge in [-0.3, -0.25) is 0 Å². The number of carbonyl (C=O) groups excluding carboxylic acids is 1. The first-order valence-corrected chi connectivity index (χ1v) is 12.4. The van der Waals surface area contributed by atoms with E-state index in [1.165, 1.54) is 0 Å². The molecule has 0 N–H and O–H groups in total. The number of ether oxygens (including phenoxy) is 2. The average molecular weight is 393 g/mol. The van der Waals surface area contributed by atoms with E-state index in [2.05, 4.69) is 47.4 Å². The van der Waals surface area contributed by atoms with Gasteiger partial charge < -0.3 is 18.7 Å². The van der Waals surface area contributed by atoms with E-state index in [1.807, 2.05) is 30.3 Å². The minimum absolute atomic E-state index is 0.0581. The van der Waals surface area contributed by atoms with Crippen LogP contribution in [0.5, 0.6) is 5.75 Å². The topological polar surface area (TPSA) is 44.8 Å². The van der Waals surface area contributed by atoms with Crippen LogP contribution in [0.15, 0.2) is 36.9 Å². The van der Waals surface area contributed by atoms with Crippen molar-refractivity contribution >= 4 is 14.6 Å². The molecule has 0 fully saturated rings. The molecule has 0 aliphatic heterocycles. The molecule has 5 heteroatoms. The molecule has 0 heterocycles. The van der Waals surface area contributed by atoms with Crippen molar-refractivity contribution in [3.05, 3.63) is 42.5 Å². The SMILES string of the molecule is C=CC[C@@H](C)[C@H](O[Si](C)(C)C(C)(C)C)[C@H](C=O)OCc1ccc(OC)cc1. The molecular weight excluding hydrogens is 356 g/mol. The predicted molar refractivity (Wildman–Crippen MR) is 114 cm³/mol. The summed E-state index contributed by atoms with van der Waals surface area (Å²) in [4.78, 5) is 11.9. The molecule has 1 aromatic carbocycles. The zero-order valence-corrected chi connectivity index (χ0v) is 19.0. The Balaban J connectivity index is 2.94. The van der Waals surface area contributed by atoms with Crippen molar-refractivity contribution in [1.82, 2.24) is 0 Å². The van der Waals surface area contributed by atoms with Crippen LogP contribution in [0, 0.1) is 5.92 Å². The van der Waals surface area contributed by atoms with Crippen molar-refractivity contribution < 1.29 is 18.7 Å². The molecule has 1 rings (SSSR count). The first-order chi connectivity index (χ1) is 12.6. The number of hydrogen-bond donors (Lipinski definition) is 0. The Labute approximate surface area is 166 Å². The maximum absolute atomic E-state index is 11.9. The Kier molecular flexibility index (Phi) is 8.92. The lowest BCUT2D eigenvalue weighted by Gasteiger charge is -2.42. The summed E-state index contributed by atoms with van der Waals surface area (Å²) >= 11 is 0. The Morgan fingerprint density at radius 1 is 1.19 bits per heavy atom. The molecule has 0 bridgehead atoms. The summed E-state index contributed by atoms with van der Waals surface area (Å²) < 4.78 is 17.8. The summed E-state index contributed by atoms with van der Waals surface area (Å²) in [5.74, 6) is 0.937. The number of allylic oxidation sites excluding steroid dienone is 1. The third-order valence-electron chi connectivity index (χ3n) is 5.40. The van der Waals surface area contributed by atoms with Crippen LogP contribution in [-0.2, 0) is 20.6 Å². The molecule has 27 heavy (non-hydrogen) atoms. The molecule has 3 atom stereocenters. The van der Waals surface area contributed by atoms with Gasteiger partial charge in [0.15, 0.2) is 14.6 Å². The maximum atomic E-state index is 11.9. The van der Waals surface area contributed by atoms with Gasteiger partial charge in [0, 0.05) is 0 Å². The Morgan fingerprint density at radius 3 is 2.22 bits per heavy atom. The van der Waals surface area contributed by atoms with Crippen LogP contribution in [0.3, 0.4) is 0 Å². The second-order valence-electron chi connectivity index (χ2n) is 8.60. The largest absolute Gasteiger partial charge is 0.497 e. The Hall–Kier alpha value is -1.43. The summed E-state index contributed by atoms with van der Waals surface area (Å²) in [6.45, 7) is 17.3. The van der Waals surface area contributed by atoms with Crippen molar-refractivity contribution in [2.45, 2.75) is 71.1 Å². The first kappa shape index (κ1) is 23.6. The molecule has 4 nitrogen and oxygen atoms in total. The van der Waals surface area contributed by atoms with Gasteiger partial charge >= 0.3 is 0 Å². The summed E-state index contributed by atoms with van der Waals surface area (Å²) in [5, 5.41) is 0.0581. The van der Waals surface area contributed by atoms with Crippen LogP contribution in [0.4, 0.5) is 0 Å². The van der Waals surface area contributed by atoms with Crippen LogP contribution in [-0.4, -0.2) is 33.9 Å². The van der Waals surface area contributed by atoms with E-state index in [0.717, 1.165) is 24.0 Å². The van der Waals surface area contributed by atoms with E-state index >= 15 is 0 Å². The van der Waals surface area contributed by atoms with E-state index in [4.69, 9.17) is 13.9 Å². The number of methoxy groups -OCH3 is 1. The number of rotatable bonds is 11. The van der Waals surface area contributed by atoms with Crippen molar-refractivity contribution in [3.8, 4) is 5.75 Å². The quantitative estimate of drug-likeness (QED) is 0.288. The third-order valence-corrected chi connectivity index (χ3v) is 9.87. The van der Waals surface area contributed by atoms with Gasteiger partial charge in [0.25, 0.3) is 0 Å². The van der Waals surface area contributed by atoms with Gasteiger partial charge in [-0.15, -0.1) is 6.58 Å². The van der Waals surface area contributed by atoms with Gasteiger partial charge in [-0.1, -0.05) is 45.9 Å². The monoisotopic (exact) mass is 392 g/mol. The summed E-state index contributed by atoms with van der Waals surface area (Å²) in [7, 11) is -0.413. The summed E-state index contributed by atoms with van der Waals surface area (Å²) in [6.07, 6.45) is 2.62. The van der Waals surface area contributed by atoms with E-state index in [-0.39, 0.29) is 17.1 Å². The van der Waals surface area contributed by atoms with Gasteiger partial charge in [-0.05, 0) is 48.2 Å². The second-order valence-corrected chi connectivity index (χ2v) is 13.4. The van der Waals surface area contributed by atoms with Gasteiger partial charge in [0.05, 0.1) is 19.8 Å². The molecule has 0 spiro atoms. The highest BCUT2D eigenvalue weighted by Crippen LogP contribution is 2.39. The number of aldehydes is 1. The highest BCUT2D eigenvalue weighted by atomic mass is 28.4. The minimum atomic E-state index is -2.05. The first-order valence-electron chi connectivity index (χ1n) is 9.54. The summed E-state index contributed by atoms with van der Waals surface area (Å²) in [5.41, 5.74) is 0.991.